The van der Waals surface area contributed by atoms with E-state index < -0.39 is 0 Å². The molecule has 0 unspecified atom stereocenters. The van der Waals surface area contributed by atoms with Gasteiger partial charge >= 0.3 is 0 Å². The molecule has 3 heteroatoms. The van der Waals surface area contributed by atoms with Crippen molar-refractivity contribution >= 4 is 0 Å². The van der Waals surface area contributed by atoms with Crippen molar-refractivity contribution in [2.75, 3.05) is 33.8 Å². The minimum absolute atomic E-state index is 0.0960. The molecule has 0 aromatic heterocycles. The third-order valence-corrected chi connectivity index (χ3v) is 3.95. The fourth-order valence-electron chi connectivity index (χ4n) is 4.15. The lowest BCUT2D eigenvalue weighted by molar-refractivity contribution is -0.00347. The Morgan fingerprint density at radius 1 is 1.00 bits per heavy atom. The van der Waals surface area contributed by atoms with Gasteiger partial charge < -0.3 is 15.3 Å². The van der Waals surface area contributed by atoms with Gasteiger partial charge in [0.2, 0.25) is 0 Å². The van der Waals surface area contributed by atoms with Gasteiger partial charge in [-0.2, -0.15) is 0 Å². The molecule has 1 fully saturated rings. The van der Waals surface area contributed by atoms with Crippen LogP contribution in [0.4, 0.5) is 0 Å². The van der Waals surface area contributed by atoms with E-state index in [-0.39, 0.29) is 12.1 Å². The molecule has 0 aromatic carbocycles. The summed E-state index contributed by atoms with van der Waals surface area (Å²) in [6, 6.07) is 0. The summed E-state index contributed by atoms with van der Waals surface area (Å²) in [7, 11) is 4.17. The van der Waals surface area contributed by atoms with E-state index in [2.05, 4.69) is 52.0 Å². The molecular weight excluding hydrogens is 224 g/mol. The summed E-state index contributed by atoms with van der Waals surface area (Å²) in [6.07, 6.45) is 3.36. The fraction of sp³-hybridized carbons (Fsp3) is 1.00. The Morgan fingerprint density at radius 2 is 1.50 bits per heavy atom. The average Bonchev–Trinajstić information content (AvgIpc) is 2.11. The second-order valence-electron chi connectivity index (χ2n) is 8.03. The summed E-state index contributed by atoms with van der Waals surface area (Å²) in [5, 5.41) is 13.5. The number of aliphatic hydroxyl groups is 1. The molecular formula is C15H32N2O. The van der Waals surface area contributed by atoms with Crippen LogP contribution in [0.3, 0.4) is 0 Å². The summed E-state index contributed by atoms with van der Waals surface area (Å²) < 4.78 is 0. The SMILES string of the molecule is CN(C)CCNC1(CO)CC(C)(C)CC(C)(C)C1. The Labute approximate surface area is 113 Å². The van der Waals surface area contributed by atoms with Gasteiger partial charge in [-0.3, -0.25) is 0 Å². The molecule has 1 rings (SSSR count). The standard InChI is InChI=1S/C15H32N2O/c1-13(2)9-14(3,4)11-15(10-13,12-18)16-7-8-17(5)6/h16,18H,7-12H2,1-6H3. The minimum atomic E-state index is -0.0960. The first-order valence-corrected chi connectivity index (χ1v) is 7.11. The van der Waals surface area contributed by atoms with Crippen LogP contribution >= 0.6 is 0 Å². The zero-order valence-electron chi connectivity index (χ0n) is 13.1. The average molecular weight is 256 g/mol. The number of aliphatic hydroxyl groups excluding tert-OH is 1. The highest BCUT2D eigenvalue weighted by Gasteiger charge is 2.46. The van der Waals surface area contributed by atoms with E-state index >= 15 is 0 Å². The van der Waals surface area contributed by atoms with Crippen LogP contribution in [0.2, 0.25) is 0 Å². The van der Waals surface area contributed by atoms with Gasteiger partial charge in [0.15, 0.2) is 0 Å². The molecule has 0 heterocycles. The van der Waals surface area contributed by atoms with Crippen LogP contribution in [0, 0.1) is 10.8 Å². The molecule has 0 bridgehead atoms. The third kappa shape index (κ3) is 4.52. The van der Waals surface area contributed by atoms with Crippen LogP contribution in [0.1, 0.15) is 47.0 Å². The molecule has 18 heavy (non-hydrogen) atoms. The van der Waals surface area contributed by atoms with E-state index in [1.54, 1.807) is 0 Å². The van der Waals surface area contributed by atoms with Gasteiger partial charge in [-0.05, 0) is 44.2 Å². The molecule has 1 saturated carbocycles. The Balaban J connectivity index is 2.72. The van der Waals surface area contributed by atoms with Crippen molar-refractivity contribution in [3.8, 4) is 0 Å². The van der Waals surface area contributed by atoms with Gasteiger partial charge in [-0.25, -0.2) is 0 Å². The summed E-state index contributed by atoms with van der Waals surface area (Å²) in [5.74, 6) is 0. The molecule has 0 aromatic rings. The molecule has 108 valence electrons. The quantitative estimate of drug-likeness (QED) is 0.791. The van der Waals surface area contributed by atoms with Crippen molar-refractivity contribution in [3.05, 3.63) is 0 Å². The van der Waals surface area contributed by atoms with Crippen molar-refractivity contribution in [2.24, 2.45) is 10.8 Å². The Bertz CT molecular complexity index is 256. The van der Waals surface area contributed by atoms with E-state index in [4.69, 9.17) is 0 Å². The van der Waals surface area contributed by atoms with Crippen LogP contribution < -0.4 is 5.32 Å². The predicted octanol–water partition coefficient (Wildman–Crippen LogP) is 2.10. The lowest BCUT2D eigenvalue weighted by Crippen LogP contribution is -2.58. The van der Waals surface area contributed by atoms with Crippen molar-refractivity contribution < 1.29 is 5.11 Å². The van der Waals surface area contributed by atoms with E-state index in [0.29, 0.717) is 10.8 Å². The first-order valence-electron chi connectivity index (χ1n) is 7.11. The summed E-state index contributed by atoms with van der Waals surface area (Å²) >= 11 is 0. The van der Waals surface area contributed by atoms with E-state index in [1.807, 2.05) is 0 Å². The molecule has 3 nitrogen and oxygen atoms in total. The van der Waals surface area contributed by atoms with E-state index in [9.17, 15) is 5.11 Å². The van der Waals surface area contributed by atoms with Gasteiger partial charge in [-0.1, -0.05) is 27.7 Å². The first-order chi connectivity index (χ1) is 8.10. The smallest absolute Gasteiger partial charge is 0.0613 e. The van der Waals surface area contributed by atoms with Crippen LogP contribution in [0.5, 0.6) is 0 Å². The number of hydrogen-bond donors (Lipinski definition) is 2. The topological polar surface area (TPSA) is 35.5 Å². The number of nitrogens with one attached hydrogen (secondary N) is 1. The third-order valence-electron chi connectivity index (χ3n) is 3.95. The van der Waals surface area contributed by atoms with E-state index in [0.717, 1.165) is 25.9 Å². The lowest BCUT2D eigenvalue weighted by Gasteiger charge is -2.52. The summed E-state index contributed by atoms with van der Waals surface area (Å²) in [5.41, 5.74) is 0.506. The Morgan fingerprint density at radius 3 is 1.89 bits per heavy atom. The normalized spacial score (nSPS) is 25.3. The van der Waals surface area contributed by atoms with Crippen LogP contribution in [0.25, 0.3) is 0 Å². The van der Waals surface area contributed by atoms with Gasteiger partial charge in [0.1, 0.15) is 0 Å². The van der Waals surface area contributed by atoms with E-state index in [1.165, 1.54) is 6.42 Å². The highest BCUT2D eigenvalue weighted by atomic mass is 16.3. The zero-order chi connectivity index (χ0) is 14.0. The molecule has 1 aliphatic rings. The predicted molar refractivity (Wildman–Crippen MR) is 77.8 cm³/mol. The molecule has 0 radical (unpaired) electrons. The van der Waals surface area contributed by atoms with Crippen molar-refractivity contribution in [1.82, 2.24) is 10.2 Å². The molecule has 2 N–H and O–H groups in total. The highest BCUT2D eigenvalue weighted by Crippen LogP contribution is 2.49. The number of rotatable bonds is 5. The maximum Gasteiger partial charge on any atom is 0.0613 e. The van der Waals surface area contributed by atoms with Crippen molar-refractivity contribution in [3.63, 3.8) is 0 Å². The molecule has 1 aliphatic carbocycles. The molecule has 0 spiro atoms. The first kappa shape index (κ1) is 15.9. The lowest BCUT2D eigenvalue weighted by atomic mass is 9.58. The zero-order valence-corrected chi connectivity index (χ0v) is 13.1. The maximum absolute atomic E-state index is 9.90. The van der Waals surface area contributed by atoms with Crippen molar-refractivity contribution in [1.29, 1.82) is 0 Å². The van der Waals surface area contributed by atoms with Crippen molar-refractivity contribution in [2.45, 2.75) is 52.5 Å². The maximum atomic E-state index is 9.90. The Hall–Kier alpha value is -0.120. The van der Waals surface area contributed by atoms with Crippen LogP contribution in [-0.2, 0) is 0 Å². The van der Waals surface area contributed by atoms with Gasteiger partial charge in [0, 0.05) is 18.6 Å². The van der Waals surface area contributed by atoms with Gasteiger partial charge in [-0.15, -0.1) is 0 Å². The van der Waals surface area contributed by atoms with Gasteiger partial charge in [0.25, 0.3) is 0 Å². The molecule has 0 amide bonds. The second-order valence-corrected chi connectivity index (χ2v) is 8.03. The monoisotopic (exact) mass is 256 g/mol. The van der Waals surface area contributed by atoms with Crippen LogP contribution in [0.15, 0.2) is 0 Å². The number of hydrogen-bond acceptors (Lipinski definition) is 3. The van der Waals surface area contributed by atoms with Gasteiger partial charge in [0.05, 0.1) is 6.61 Å². The summed E-state index contributed by atoms with van der Waals surface area (Å²) in [4.78, 5) is 2.18. The number of nitrogens with zero attached hydrogens (tertiary/aromatic N) is 1. The highest BCUT2D eigenvalue weighted by molar-refractivity contribution is 5.02. The fourth-order valence-corrected chi connectivity index (χ4v) is 4.15. The largest absolute Gasteiger partial charge is 0.394 e. The minimum Gasteiger partial charge on any atom is -0.394 e. The Kier molecular flexibility index (Phi) is 4.85. The molecule has 0 atom stereocenters. The molecule has 0 saturated heterocycles. The van der Waals surface area contributed by atoms with Crippen LogP contribution in [-0.4, -0.2) is 49.3 Å². The number of likely N-dealkylation sites (N-methyl/N-ethyl adjacent to an activating group) is 1. The summed E-state index contributed by atoms with van der Waals surface area (Å²) in [6.45, 7) is 11.5. The molecule has 0 aliphatic heterocycles. The second kappa shape index (κ2) is 5.48.